The molecule has 1 aliphatic heterocycles. The van der Waals surface area contributed by atoms with Gasteiger partial charge in [-0.25, -0.2) is 14.6 Å². The molecule has 2 heterocycles. The van der Waals surface area contributed by atoms with Crippen molar-refractivity contribution in [2.24, 2.45) is 4.99 Å². The highest BCUT2D eigenvalue weighted by Gasteiger charge is 2.35. The summed E-state index contributed by atoms with van der Waals surface area (Å²) in [6.07, 6.45) is 1.76. The van der Waals surface area contributed by atoms with E-state index in [-0.39, 0.29) is 29.9 Å². The Bertz CT molecular complexity index is 2070. The lowest BCUT2D eigenvalue weighted by Gasteiger charge is -2.26. The minimum Gasteiger partial charge on any atom is -0.493 e. The van der Waals surface area contributed by atoms with Gasteiger partial charge in [-0.2, -0.15) is 0 Å². The number of carbonyl (C=O) groups excluding carboxylic acids is 1. The van der Waals surface area contributed by atoms with E-state index in [9.17, 15) is 14.4 Å². The predicted molar refractivity (Wildman–Crippen MR) is 184 cm³/mol. The lowest BCUT2D eigenvalue weighted by molar-refractivity contribution is -0.139. The normalized spacial score (nSPS) is 14.3. The monoisotopic (exact) mass is 784 g/mol. The minimum absolute atomic E-state index is 0.159. The van der Waals surface area contributed by atoms with Crippen LogP contribution in [-0.2, 0) is 16.1 Å². The van der Waals surface area contributed by atoms with Gasteiger partial charge in [0.15, 0.2) is 16.3 Å². The van der Waals surface area contributed by atoms with Crippen molar-refractivity contribution in [2.75, 3.05) is 20.3 Å². The first-order chi connectivity index (χ1) is 22.6. The standard InChI is InChI=1S/C34H30Br2N2O8S/c1-5-44-27-16-23(35)22(15-26(27)43-4)30-29(33(42)45-6-2)18(3)37-34-38(30)31(39)28(47-34)14-20-9-12-25(24(36)13-20)46-17-19-7-10-21(11-8-19)32(40)41/h7-16,30H,5-6,17H2,1-4H3,(H,40,41)/b28-14+/t30-/m0/s1. The number of methoxy groups -OCH3 is 1. The number of allylic oxidation sites excluding steroid dienone is 1. The quantitative estimate of drug-likeness (QED) is 0.184. The van der Waals surface area contributed by atoms with Crippen molar-refractivity contribution < 1.29 is 33.6 Å². The van der Waals surface area contributed by atoms with Crippen LogP contribution in [0.2, 0.25) is 0 Å². The van der Waals surface area contributed by atoms with Gasteiger partial charge in [-0.1, -0.05) is 45.5 Å². The Labute approximate surface area is 290 Å². The van der Waals surface area contributed by atoms with Gasteiger partial charge >= 0.3 is 11.9 Å². The Balaban J connectivity index is 1.54. The number of halogens is 2. The molecular weight excluding hydrogens is 756 g/mol. The lowest BCUT2D eigenvalue weighted by Crippen LogP contribution is -2.40. The predicted octanol–water partition coefficient (Wildman–Crippen LogP) is 6.01. The van der Waals surface area contributed by atoms with Gasteiger partial charge in [-0.05, 0) is 95.9 Å². The number of rotatable bonds is 11. The van der Waals surface area contributed by atoms with Crippen LogP contribution in [0, 0.1) is 0 Å². The second-order valence-electron chi connectivity index (χ2n) is 10.2. The van der Waals surface area contributed by atoms with Crippen molar-refractivity contribution >= 4 is 61.2 Å². The Morgan fingerprint density at radius 1 is 0.979 bits per heavy atom. The van der Waals surface area contributed by atoms with E-state index in [2.05, 4.69) is 36.9 Å². The maximum absolute atomic E-state index is 14.1. The molecule has 1 N–H and O–H groups in total. The molecule has 0 spiro atoms. The maximum atomic E-state index is 14.1. The number of carboxylic acid groups (broad SMARTS) is 1. The fourth-order valence-electron chi connectivity index (χ4n) is 5.05. The highest BCUT2D eigenvalue weighted by atomic mass is 79.9. The van der Waals surface area contributed by atoms with Gasteiger partial charge in [0.25, 0.3) is 5.56 Å². The molecule has 5 rings (SSSR count). The number of aromatic nitrogens is 1. The SMILES string of the molecule is CCOC(=O)C1=C(C)N=c2s/c(=C/c3ccc(OCc4ccc(C(=O)O)cc4)c(Br)c3)c(=O)n2[C@H]1c1cc(OC)c(OCC)cc1Br. The Hall–Kier alpha value is -4.20. The van der Waals surface area contributed by atoms with Crippen LogP contribution in [0.15, 0.2) is 84.6 Å². The van der Waals surface area contributed by atoms with Crippen LogP contribution in [-0.4, -0.2) is 41.9 Å². The molecule has 0 unspecified atom stereocenters. The highest BCUT2D eigenvalue weighted by molar-refractivity contribution is 9.10. The topological polar surface area (TPSA) is 126 Å². The molecule has 0 radical (unpaired) electrons. The molecule has 0 saturated heterocycles. The van der Waals surface area contributed by atoms with Crippen LogP contribution in [0.4, 0.5) is 0 Å². The van der Waals surface area contributed by atoms with E-state index < -0.39 is 18.0 Å². The van der Waals surface area contributed by atoms with E-state index in [0.717, 1.165) is 11.1 Å². The first kappa shape index (κ1) is 34.1. The van der Waals surface area contributed by atoms with Crippen LogP contribution in [0.3, 0.4) is 0 Å². The summed E-state index contributed by atoms with van der Waals surface area (Å²) in [5.74, 6) is -0.00221. The molecule has 4 aromatic rings. The minimum atomic E-state index is -0.988. The molecule has 0 fully saturated rings. The number of aromatic carboxylic acids is 1. The molecule has 10 nitrogen and oxygen atoms in total. The number of esters is 1. The van der Waals surface area contributed by atoms with Crippen molar-refractivity contribution in [1.82, 2.24) is 4.57 Å². The van der Waals surface area contributed by atoms with E-state index in [0.29, 0.717) is 53.4 Å². The van der Waals surface area contributed by atoms with E-state index in [1.165, 1.54) is 35.1 Å². The summed E-state index contributed by atoms with van der Waals surface area (Å²) in [6, 6.07) is 14.6. The van der Waals surface area contributed by atoms with Crippen molar-refractivity contribution in [3.8, 4) is 17.2 Å². The first-order valence-corrected chi connectivity index (χ1v) is 16.9. The molecular formula is C34H30Br2N2O8S. The van der Waals surface area contributed by atoms with Crippen molar-refractivity contribution in [2.45, 2.75) is 33.4 Å². The van der Waals surface area contributed by atoms with E-state index in [1.807, 2.05) is 19.1 Å². The van der Waals surface area contributed by atoms with Crippen LogP contribution < -0.4 is 29.1 Å². The molecule has 244 valence electrons. The van der Waals surface area contributed by atoms with Gasteiger partial charge in [0.2, 0.25) is 0 Å². The second kappa shape index (κ2) is 14.7. The molecule has 1 aliphatic rings. The van der Waals surface area contributed by atoms with Gasteiger partial charge in [0.05, 0.1) is 52.2 Å². The summed E-state index contributed by atoms with van der Waals surface area (Å²) in [5, 5.41) is 9.11. The third kappa shape index (κ3) is 7.21. The largest absolute Gasteiger partial charge is 0.493 e. The number of carbonyl (C=O) groups is 2. The van der Waals surface area contributed by atoms with Crippen LogP contribution >= 0.6 is 43.2 Å². The van der Waals surface area contributed by atoms with Crippen LogP contribution in [0.25, 0.3) is 6.08 Å². The van der Waals surface area contributed by atoms with Crippen molar-refractivity contribution in [1.29, 1.82) is 0 Å². The first-order valence-electron chi connectivity index (χ1n) is 14.5. The van der Waals surface area contributed by atoms with Gasteiger partial charge < -0.3 is 24.1 Å². The summed E-state index contributed by atoms with van der Waals surface area (Å²) < 4.78 is 25.9. The van der Waals surface area contributed by atoms with Crippen molar-refractivity contribution in [3.63, 3.8) is 0 Å². The third-order valence-electron chi connectivity index (χ3n) is 7.24. The molecule has 0 aliphatic carbocycles. The average Bonchev–Trinajstić information content (AvgIpc) is 3.34. The fourth-order valence-corrected chi connectivity index (χ4v) is 7.15. The Kier molecular flexibility index (Phi) is 10.7. The van der Waals surface area contributed by atoms with E-state index >= 15 is 0 Å². The molecule has 1 aromatic heterocycles. The van der Waals surface area contributed by atoms with Crippen LogP contribution in [0.1, 0.15) is 53.9 Å². The number of benzene rings is 3. The summed E-state index contributed by atoms with van der Waals surface area (Å²) in [5.41, 5.74) is 2.74. The van der Waals surface area contributed by atoms with E-state index in [4.69, 9.17) is 24.1 Å². The Morgan fingerprint density at radius 3 is 2.36 bits per heavy atom. The molecule has 47 heavy (non-hydrogen) atoms. The highest BCUT2D eigenvalue weighted by Crippen LogP contribution is 2.41. The lowest BCUT2D eigenvalue weighted by atomic mass is 9.95. The summed E-state index contributed by atoms with van der Waals surface area (Å²) in [7, 11) is 1.53. The zero-order valence-corrected chi connectivity index (χ0v) is 29.8. The molecule has 3 aromatic carbocycles. The molecule has 13 heteroatoms. The number of nitrogens with zero attached hydrogens (tertiary/aromatic N) is 2. The number of ether oxygens (including phenoxy) is 4. The number of hydrogen-bond donors (Lipinski definition) is 1. The molecule has 0 amide bonds. The number of thiazole rings is 1. The zero-order valence-electron chi connectivity index (χ0n) is 25.8. The smallest absolute Gasteiger partial charge is 0.338 e. The second-order valence-corrected chi connectivity index (χ2v) is 13.0. The molecule has 0 saturated carbocycles. The number of hydrogen-bond acceptors (Lipinski definition) is 9. The van der Waals surface area contributed by atoms with E-state index in [1.54, 1.807) is 50.3 Å². The maximum Gasteiger partial charge on any atom is 0.338 e. The fraction of sp³-hybridized carbons (Fsp3) is 0.235. The van der Waals surface area contributed by atoms with Crippen LogP contribution in [0.5, 0.6) is 17.2 Å². The Morgan fingerprint density at radius 2 is 1.72 bits per heavy atom. The summed E-state index contributed by atoms with van der Waals surface area (Å²) >= 11 is 8.41. The van der Waals surface area contributed by atoms with Gasteiger partial charge in [0, 0.05) is 4.47 Å². The van der Waals surface area contributed by atoms with Crippen molar-refractivity contribution in [3.05, 3.63) is 117 Å². The molecule has 0 bridgehead atoms. The average molecular weight is 786 g/mol. The summed E-state index contributed by atoms with van der Waals surface area (Å²) in [4.78, 5) is 43.6. The number of fused-ring (bicyclic) bond motifs is 1. The molecule has 1 atom stereocenters. The number of carboxylic acids is 1. The third-order valence-corrected chi connectivity index (χ3v) is 9.53. The summed E-state index contributed by atoms with van der Waals surface area (Å²) in [6.45, 7) is 6.15. The van der Waals surface area contributed by atoms with Gasteiger partial charge in [-0.15, -0.1) is 0 Å². The van der Waals surface area contributed by atoms with Gasteiger partial charge in [-0.3, -0.25) is 9.36 Å². The van der Waals surface area contributed by atoms with Gasteiger partial charge in [0.1, 0.15) is 12.4 Å². The zero-order chi connectivity index (χ0) is 33.8.